The van der Waals surface area contributed by atoms with Gasteiger partial charge in [-0.1, -0.05) is 59.2 Å². The van der Waals surface area contributed by atoms with Crippen molar-refractivity contribution in [2.24, 2.45) is 0 Å². The number of ether oxygens (including phenoxy) is 1. The Bertz CT molecular complexity index is 1220. The van der Waals surface area contributed by atoms with E-state index in [0.29, 0.717) is 37.6 Å². The van der Waals surface area contributed by atoms with Crippen molar-refractivity contribution >= 4 is 52.5 Å². The summed E-state index contributed by atoms with van der Waals surface area (Å²) in [5.41, 5.74) is 3.10. The van der Waals surface area contributed by atoms with Gasteiger partial charge in [-0.15, -0.1) is 0 Å². The lowest BCUT2D eigenvalue weighted by Gasteiger charge is -2.29. The number of dihydropyridines is 1. The van der Waals surface area contributed by atoms with Crippen LogP contribution in [0.15, 0.2) is 64.3 Å². The van der Waals surface area contributed by atoms with Crippen molar-refractivity contribution < 1.29 is 14.3 Å². The van der Waals surface area contributed by atoms with Crippen LogP contribution in [0, 0.1) is 18.3 Å². The summed E-state index contributed by atoms with van der Waals surface area (Å²) in [6.07, 6.45) is 0. The van der Waals surface area contributed by atoms with Crippen molar-refractivity contribution in [3.8, 4) is 6.07 Å². The Morgan fingerprint density at radius 3 is 2.52 bits per heavy atom. The average molecular weight is 502 g/mol. The van der Waals surface area contributed by atoms with E-state index in [1.165, 1.54) is 18.9 Å². The Morgan fingerprint density at radius 2 is 1.85 bits per heavy atom. The number of methoxy groups -OCH3 is 1. The van der Waals surface area contributed by atoms with Crippen molar-refractivity contribution in [1.29, 1.82) is 5.26 Å². The van der Waals surface area contributed by atoms with Crippen LogP contribution in [0.4, 0.5) is 5.69 Å². The predicted octanol–water partition coefficient (Wildman–Crippen LogP) is 5.54. The highest BCUT2D eigenvalue weighted by atomic mass is 35.5. The molecule has 0 saturated carbocycles. The summed E-state index contributed by atoms with van der Waals surface area (Å²) in [6, 6.07) is 14.5. The van der Waals surface area contributed by atoms with E-state index in [-0.39, 0.29) is 17.2 Å². The molecule has 1 aliphatic rings. The summed E-state index contributed by atoms with van der Waals surface area (Å²) in [5.74, 6) is -1.50. The Balaban J connectivity index is 1.91. The minimum absolute atomic E-state index is 0.0372. The van der Waals surface area contributed by atoms with E-state index in [1.807, 2.05) is 6.92 Å². The molecule has 0 bridgehead atoms. The number of thioether (sulfide) groups is 1. The van der Waals surface area contributed by atoms with Crippen LogP contribution in [0.1, 0.15) is 24.0 Å². The lowest BCUT2D eigenvalue weighted by Crippen LogP contribution is -2.29. The van der Waals surface area contributed by atoms with Crippen LogP contribution in [0.2, 0.25) is 10.0 Å². The van der Waals surface area contributed by atoms with Gasteiger partial charge < -0.3 is 15.4 Å². The normalized spacial score (nSPS) is 15.6. The maximum Gasteiger partial charge on any atom is 0.336 e. The molecule has 2 N–H and O–H groups in total. The highest BCUT2D eigenvalue weighted by Gasteiger charge is 2.36. The monoisotopic (exact) mass is 501 g/mol. The number of halogens is 2. The smallest absolute Gasteiger partial charge is 0.336 e. The third kappa shape index (κ3) is 5.36. The first-order valence-electron chi connectivity index (χ1n) is 9.91. The molecule has 3 rings (SSSR count). The predicted molar refractivity (Wildman–Crippen MR) is 132 cm³/mol. The van der Waals surface area contributed by atoms with Crippen LogP contribution < -0.4 is 10.6 Å². The summed E-state index contributed by atoms with van der Waals surface area (Å²) < 4.78 is 4.97. The molecule has 0 unspecified atom stereocenters. The van der Waals surface area contributed by atoms with Crippen molar-refractivity contribution in [3.05, 3.63) is 85.5 Å². The van der Waals surface area contributed by atoms with Gasteiger partial charge in [-0.05, 0) is 43.2 Å². The molecule has 0 aromatic heterocycles. The summed E-state index contributed by atoms with van der Waals surface area (Å²) in [4.78, 5) is 25.2. The fourth-order valence-corrected chi connectivity index (χ4v) is 4.81. The number of carbonyl (C=O) groups is 2. The molecule has 9 heteroatoms. The van der Waals surface area contributed by atoms with Gasteiger partial charge in [0, 0.05) is 21.4 Å². The van der Waals surface area contributed by atoms with E-state index in [2.05, 4.69) is 16.7 Å². The number of nitrogens with one attached hydrogen (secondary N) is 2. The first-order valence-corrected chi connectivity index (χ1v) is 11.6. The van der Waals surface area contributed by atoms with Gasteiger partial charge in [0.15, 0.2) is 0 Å². The SMILES string of the molecule is COC(=O)C1=C(C)NC(SCC(=O)Nc2cccc(Cl)c2C)=C(C#N)[C@H]1c1ccccc1Cl. The first kappa shape index (κ1) is 24.7. The van der Waals surface area contributed by atoms with Crippen LogP contribution in [0.3, 0.4) is 0 Å². The van der Waals surface area contributed by atoms with E-state index in [0.717, 1.165) is 5.56 Å². The highest BCUT2D eigenvalue weighted by molar-refractivity contribution is 8.03. The molecule has 170 valence electrons. The van der Waals surface area contributed by atoms with Crippen LogP contribution in [0.25, 0.3) is 0 Å². The Hall–Kier alpha value is -2.92. The maximum atomic E-state index is 12.6. The molecule has 1 amide bonds. The largest absolute Gasteiger partial charge is 0.466 e. The molecule has 1 aliphatic heterocycles. The van der Waals surface area contributed by atoms with E-state index in [4.69, 9.17) is 27.9 Å². The van der Waals surface area contributed by atoms with Crippen LogP contribution in [-0.2, 0) is 14.3 Å². The minimum atomic E-state index is -0.724. The molecule has 0 aliphatic carbocycles. The van der Waals surface area contributed by atoms with Gasteiger partial charge in [0.25, 0.3) is 0 Å². The zero-order valence-corrected chi connectivity index (χ0v) is 20.5. The number of anilines is 1. The number of hydrogen-bond donors (Lipinski definition) is 2. The van der Waals surface area contributed by atoms with Crippen molar-refractivity contribution in [1.82, 2.24) is 5.32 Å². The molecule has 0 fully saturated rings. The Morgan fingerprint density at radius 1 is 1.15 bits per heavy atom. The molecule has 33 heavy (non-hydrogen) atoms. The van der Waals surface area contributed by atoms with Gasteiger partial charge in [-0.3, -0.25) is 4.79 Å². The summed E-state index contributed by atoms with van der Waals surface area (Å²) in [6.45, 7) is 3.54. The maximum absolute atomic E-state index is 12.6. The molecule has 0 spiro atoms. The molecule has 1 atom stereocenters. The number of carbonyl (C=O) groups excluding carboxylic acids is 2. The van der Waals surface area contributed by atoms with E-state index in [9.17, 15) is 14.9 Å². The molecule has 0 saturated heterocycles. The molecule has 1 heterocycles. The van der Waals surface area contributed by atoms with Crippen molar-refractivity contribution in [2.45, 2.75) is 19.8 Å². The van der Waals surface area contributed by atoms with Gasteiger partial charge in [0.2, 0.25) is 5.91 Å². The fraction of sp³-hybridized carbons (Fsp3) is 0.208. The number of hydrogen-bond acceptors (Lipinski definition) is 6. The average Bonchev–Trinajstić information content (AvgIpc) is 2.80. The summed E-state index contributed by atoms with van der Waals surface area (Å²) in [5, 5.41) is 17.4. The summed E-state index contributed by atoms with van der Waals surface area (Å²) >= 11 is 13.7. The van der Waals surface area contributed by atoms with Crippen LogP contribution in [-0.4, -0.2) is 24.7 Å². The second-order valence-corrected chi connectivity index (χ2v) is 9.01. The minimum Gasteiger partial charge on any atom is -0.466 e. The number of amides is 1. The molecule has 6 nitrogen and oxygen atoms in total. The zero-order valence-electron chi connectivity index (χ0n) is 18.2. The van der Waals surface area contributed by atoms with E-state index < -0.39 is 11.9 Å². The molecular weight excluding hydrogens is 481 g/mol. The second-order valence-electron chi connectivity index (χ2n) is 7.21. The van der Waals surface area contributed by atoms with E-state index in [1.54, 1.807) is 49.4 Å². The number of esters is 1. The zero-order chi connectivity index (χ0) is 24.1. The van der Waals surface area contributed by atoms with Crippen molar-refractivity contribution in [2.75, 3.05) is 18.2 Å². The summed E-state index contributed by atoms with van der Waals surface area (Å²) in [7, 11) is 1.29. The molecule has 2 aromatic carbocycles. The highest BCUT2D eigenvalue weighted by Crippen LogP contribution is 2.43. The van der Waals surface area contributed by atoms with Crippen LogP contribution >= 0.6 is 35.0 Å². The van der Waals surface area contributed by atoms with Gasteiger partial charge in [0.05, 0.1) is 41.0 Å². The lowest BCUT2D eigenvalue weighted by molar-refractivity contribution is -0.136. The number of benzene rings is 2. The number of rotatable bonds is 6. The van der Waals surface area contributed by atoms with Crippen LogP contribution in [0.5, 0.6) is 0 Å². The molecular formula is C24H21Cl2N3O3S. The Labute approximate surface area is 206 Å². The Kier molecular flexibility index (Phi) is 8.09. The molecule has 0 radical (unpaired) electrons. The van der Waals surface area contributed by atoms with Gasteiger partial charge in [-0.2, -0.15) is 5.26 Å². The van der Waals surface area contributed by atoms with E-state index >= 15 is 0 Å². The second kappa shape index (κ2) is 10.8. The quantitative estimate of drug-likeness (QED) is 0.504. The number of nitriles is 1. The molecule has 2 aromatic rings. The lowest BCUT2D eigenvalue weighted by atomic mass is 9.82. The third-order valence-electron chi connectivity index (χ3n) is 5.16. The standard InChI is InChI=1S/C24H21Cl2N3O3S/c1-13-17(25)9-6-10-19(13)29-20(30)12-33-23-16(11-27)22(15-7-4-5-8-18(15)26)21(14(2)28-23)24(31)32-3/h4-10,22,28H,12H2,1-3H3,(H,29,30)/t22-/m1/s1. The number of nitrogens with zero attached hydrogens (tertiary/aromatic N) is 1. The van der Waals surface area contributed by atoms with Crippen molar-refractivity contribution in [3.63, 3.8) is 0 Å². The van der Waals surface area contributed by atoms with Gasteiger partial charge in [0.1, 0.15) is 0 Å². The third-order valence-corrected chi connectivity index (χ3v) is 6.93. The topological polar surface area (TPSA) is 91.2 Å². The fourth-order valence-electron chi connectivity index (χ4n) is 3.49. The van der Waals surface area contributed by atoms with Gasteiger partial charge in [-0.25, -0.2) is 4.79 Å². The van der Waals surface area contributed by atoms with Gasteiger partial charge >= 0.3 is 5.97 Å². The number of allylic oxidation sites excluding steroid dienone is 2. The first-order chi connectivity index (χ1) is 15.8.